The largest absolute Gasteiger partial charge is 0.482 e. The van der Waals surface area contributed by atoms with Crippen molar-refractivity contribution in [2.24, 2.45) is 18.7 Å². The summed E-state index contributed by atoms with van der Waals surface area (Å²) in [6, 6.07) is 5.07. The number of benzene rings is 1. The second kappa shape index (κ2) is 13.1. The lowest BCUT2D eigenvalue weighted by Gasteiger charge is -2.30. The van der Waals surface area contributed by atoms with Crippen LogP contribution in [-0.4, -0.2) is 82.5 Å². The molecule has 0 saturated heterocycles. The van der Waals surface area contributed by atoms with E-state index in [4.69, 9.17) is 66.0 Å². The molecule has 1 aromatic carbocycles. The van der Waals surface area contributed by atoms with Gasteiger partial charge in [-0.05, 0) is 47.9 Å². The summed E-state index contributed by atoms with van der Waals surface area (Å²) in [5.41, 5.74) is 8.62. The molecular formula is C30H30B5ClFN7O3. The maximum absolute atomic E-state index is 14.8. The van der Waals surface area contributed by atoms with E-state index in [2.05, 4.69) is 20.5 Å². The molecule has 0 saturated carbocycles. The van der Waals surface area contributed by atoms with Gasteiger partial charge in [-0.15, -0.1) is 5.11 Å². The first-order valence-electron chi connectivity index (χ1n) is 14.9. The predicted molar refractivity (Wildman–Crippen MR) is 182 cm³/mol. The molecule has 4 aromatic rings. The Kier molecular flexibility index (Phi) is 9.68. The summed E-state index contributed by atoms with van der Waals surface area (Å²) >= 11 is 6.77. The highest BCUT2D eigenvalue weighted by Crippen LogP contribution is 2.45. The molecule has 10 radical (unpaired) electrons. The fraction of sp³-hybridized carbons (Fsp3) is 0.400. The average molecular weight is 645 g/mol. The molecule has 3 aromatic heterocycles. The number of nitrogens with one attached hydrogen (secondary N) is 1. The number of aryl methyl sites for hydroxylation is 1. The average Bonchev–Trinajstić information content (AvgIpc) is 3.55. The molecule has 0 fully saturated rings. The van der Waals surface area contributed by atoms with E-state index < -0.39 is 34.3 Å². The smallest absolute Gasteiger partial charge is 0.324 e. The molecular weight excluding hydrogens is 615 g/mol. The van der Waals surface area contributed by atoms with Gasteiger partial charge in [0.2, 0.25) is 0 Å². The lowest BCUT2D eigenvalue weighted by Crippen LogP contribution is -2.38. The van der Waals surface area contributed by atoms with E-state index in [9.17, 15) is 9.18 Å². The van der Waals surface area contributed by atoms with Crippen molar-refractivity contribution in [3.63, 3.8) is 0 Å². The maximum atomic E-state index is 14.8. The minimum absolute atomic E-state index is 0.0527. The van der Waals surface area contributed by atoms with Gasteiger partial charge in [0.1, 0.15) is 18.0 Å². The van der Waals surface area contributed by atoms with Crippen LogP contribution in [0.1, 0.15) is 50.0 Å². The summed E-state index contributed by atoms with van der Waals surface area (Å²) in [5.74, 6) is -0.740. The Morgan fingerprint density at radius 2 is 2.00 bits per heavy atom. The van der Waals surface area contributed by atoms with Crippen molar-refractivity contribution in [1.29, 1.82) is 0 Å². The lowest BCUT2D eigenvalue weighted by atomic mass is 9.42. The Labute approximate surface area is 284 Å². The molecule has 4 heterocycles. The second-order valence-corrected chi connectivity index (χ2v) is 12.3. The van der Waals surface area contributed by atoms with Crippen molar-refractivity contribution < 1.29 is 18.7 Å². The number of fused-ring (bicyclic) bond motifs is 7. The minimum atomic E-state index is -1.82. The highest BCUT2D eigenvalue weighted by molar-refractivity contribution is 6.58. The summed E-state index contributed by atoms with van der Waals surface area (Å²) < 4.78 is 29.5. The standard InChI is InChI=1S/C30H30B5ClFN7O3/c1-5-14(2)23(38)28(45)46-13-40-27-21-8-16(10-39-27)25-22(26(36)42-44(25)12-29(31,32)33)30(34,35)20-11-43(4)41-24(20)18-7-6-17(37)9-19(18)15(3)47-21/h6-11,14-15,23H,5,12-13,38H2,1-4H3,(H,39,40)/t14?,15-,23?/m1/s1. The first-order valence-corrected chi connectivity index (χ1v) is 15.3. The van der Waals surface area contributed by atoms with Crippen LogP contribution in [0.5, 0.6) is 5.75 Å². The van der Waals surface area contributed by atoms with E-state index >= 15 is 0 Å². The third kappa shape index (κ3) is 6.99. The molecule has 2 bridgehead atoms. The second-order valence-electron chi connectivity index (χ2n) is 12.0. The van der Waals surface area contributed by atoms with Gasteiger partial charge in [-0.2, -0.15) is 10.2 Å². The number of ether oxygens (including phenoxy) is 2. The third-order valence-corrected chi connectivity index (χ3v) is 8.41. The van der Waals surface area contributed by atoms with E-state index in [0.717, 1.165) is 0 Å². The van der Waals surface area contributed by atoms with Gasteiger partial charge >= 0.3 is 5.97 Å². The fourth-order valence-electron chi connectivity index (χ4n) is 5.49. The Balaban J connectivity index is 1.71. The van der Waals surface area contributed by atoms with Crippen LogP contribution in [0, 0.1) is 11.7 Å². The van der Waals surface area contributed by atoms with Gasteiger partial charge < -0.3 is 20.5 Å². The molecule has 3 N–H and O–H groups in total. The zero-order valence-corrected chi connectivity index (χ0v) is 27.3. The van der Waals surface area contributed by atoms with Crippen LogP contribution in [0.2, 0.25) is 10.3 Å². The van der Waals surface area contributed by atoms with E-state index in [-0.39, 0.29) is 41.5 Å². The molecule has 17 heteroatoms. The van der Waals surface area contributed by atoms with E-state index in [1.165, 1.54) is 27.7 Å². The molecule has 0 aliphatic carbocycles. The van der Waals surface area contributed by atoms with Crippen molar-refractivity contribution in [1.82, 2.24) is 24.5 Å². The highest BCUT2D eigenvalue weighted by Gasteiger charge is 2.37. The number of hydrogen-bond donors (Lipinski definition) is 2. The minimum Gasteiger partial charge on any atom is -0.482 e. The number of anilines is 1. The number of nitrogens with two attached hydrogens (primary N) is 1. The lowest BCUT2D eigenvalue weighted by molar-refractivity contribution is -0.145. The summed E-state index contributed by atoms with van der Waals surface area (Å²) in [6.07, 6.45) is 3.09. The predicted octanol–water partition coefficient (Wildman–Crippen LogP) is 2.99. The number of carbonyl (C=O) groups is 1. The van der Waals surface area contributed by atoms with Gasteiger partial charge in [-0.25, -0.2) is 9.37 Å². The topological polar surface area (TPSA) is 122 Å². The first kappa shape index (κ1) is 34.7. The number of halogens is 2. The third-order valence-electron chi connectivity index (χ3n) is 8.14. The molecule has 10 nitrogen and oxygen atoms in total. The van der Waals surface area contributed by atoms with E-state index in [0.29, 0.717) is 40.1 Å². The van der Waals surface area contributed by atoms with Gasteiger partial charge in [-0.1, -0.05) is 31.9 Å². The number of rotatable bonds is 8. The summed E-state index contributed by atoms with van der Waals surface area (Å²) in [4.78, 5) is 17.1. The molecule has 47 heavy (non-hydrogen) atoms. The molecule has 232 valence electrons. The number of esters is 1. The molecule has 0 spiro atoms. The van der Waals surface area contributed by atoms with Gasteiger partial charge in [0.15, 0.2) is 23.5 Å². The quantitative estimate of drug-likeness (QED) is 0.171. The summed E-state index contributed by atoms with van der Waals surface area (Å²) in [6.45, 7) is 5.08. The first-order chi connectivity index (χ1) is 22.0. The number of hydrogen-bond acceptors (Lipinski definition) is 8. The van der Waals surface area contributed by atoms with E-state index in [1.807, 2.05) is 13.8 Å². The molecule has 5 rings (SSSR count). The number of aromatic nitrogens is 5. The molecule has 3 atom stereocenters. The highest BCUT2D eigenvalue weighted by atomic mass is 35.5. The zero-order chi connectivity index (χ0) is 34.4. The maximum Gasteiger partial charge on any atom is 0.324 e. The van der Waals surface area contributed by atoms with Crippen LogP contribution in [0.25, 0.3) is 22.5 Å². The normalized spacial score (nSPS) is 16.7. The van der Waals surface area contributed by atoms with Crippen molar-refractivity contribution in [2.75, 3.05) is 12.0 Å². The van der Waals surface area contributed by atoms with Crippen LogP contribution in [0.4, 0.5) is 10.2 Å². The van der Waals surface area contributed by atoms with Crippen LogP contribution in [0.3, 0.4) is 0 Å². The molecule has 1 aliphatic heterocycles. The van der Waals surface area contributed by atoms with Crippen molar-refractivity contribution in [2.45, 2.75) is 56.2 Å². The van der Waals surface area contributed by atoms with Crippen molar-refractivity contribution in [3.05, 3.63) is 64.3 Å². The SMILES string of the molecule is [B]C([B])([B])Cn1nc(Cl)c2c1-c1cnc(NCOC(=O)C(N)C(C)CC)c(c1)O[C@H](C)c1cc(F)ccc1-c1nn(C)cc1C2([B])[B]. The van der Waals surface area contributed by atoms with Gasteiger partial charge in [-0.3, -0.25) is 14.2 Å². The van der Waals surface area contributed by atoms with Gasteiger partial charge in [0.05, 0.1) is 50.6 Å². The summed E-state index contributed by atoms with van der Waals surface area (Å²) in [5, 5.41) is 8.50. The van der Waals surface area contributed by atoms with Crippen LogP contribution < -0.4 is 15.8 Å². The van der Waals surface area contributed by atoms with Crippen molar-refractivity contribution >= 4 is 62.6 Å². The van der Waals surface area contributed by atoms with Crippen LogP contribution >= 0.6 is 11.6 Å². The Morgan fingerprint density at radius 1 is 1.28 bits per heavy atom. The van der Waals surface area contributed by atoms with Gasteiger partial charge in [0, 0.05) is 48.2 Å². The van der Waals surface area contributed by atoms with Crippen LogP contribution in [-0.2, 0) is 28.3 Å². The molecule has 0 amide bonds. The number of carbonyl (C=O) groups excluding carboxylic acids is 1. The molecule has 1 aliphatic rings. The monoisotopic (exact) mass is 645 g/mol. The Bertz CT molecular complexity index is 1810. The summed E-state index contributed by atoms with van der Waals surface area (Å²) in [7, 11) is 33.6. The van der Waals surface area contributed by atoms with Crippen molar-refractivity contribution in [3.8, 4) is 28.3 Å². The van der Waals surface area contributed by atoms with Crippen LogP contribution in [0.15, 0.2) is 36.7 Å². The fourth-order valence-corrected chi connectivity index (χ4v) is 5.82. The Morgan fingerprint density at radius 3 is 2.68 bits per heavy atom. The zero-order valence-electron chi connectivity index (χ0n) is 26.5. The number of nitrogens with zero attached hydrogens (tertiary/aromatic N) is 5. The molecule has 2 unspecified atom stereocenters. The number of pyridine rings is 1. The van der Waals surface area contributed by atoms with E-state index in [1.54, 1.807) is 32.3 Å². The van der Waals surface area contributed by atoms with Gasteiger partial charge in [0.25, 0.3) is 0 Å². The Hall–Kier alpha value is -3.64.